The summed E-state index contributed by atoms with van der Waals surface area (Å²) in [6, 6.07) is 15.1. The SMILES string of the molecule is CCOC1OC(=O)CC1NS(=O)(=O)c1ccc(NC(C)=O)cc1O[C@H](C)Cn1c(-c2cccs2)nc2ccccc21. The molecular formula is C28H30N4O7S2. The lowest BCUT2D eigenvalue weighted by Gasteiger charge is -2.22. The summed E-state index contributed by atoms with van der Waals surface area (Å²) in [6.45, 7) is 5.51. The topological polar surface area (TPSA) is 138 Å². The number of thiophene rings is 1. The molecule has 4 aromatic rings. The van der Waals surface area contributed by atoms with E-state index >= 15 is 0 Å². The summed E-state index contributed by atoms with van der Waals surface area (Å²) in [4.78, 5) is 29.2. The number of imidazole rings is 1. The number of anilines is 1. The van der Waals surface area contributed by atoms with Gasteiger partial charge in [0.1, 0.15) is 16.7 Å². The number of fused-ring (bicyclic) bond motifs is 1. The minimum absolute atomic E-state index is 0.0385. The van der Waals surface area contributed by atoms with Crippen LogP contribution in [0.1, 0.15) is 27.2 Å². The van der Waals surface area contributed by atoms with E-state index in [9.17, 15) is 18.0 Å². The van der Waals surface area contributed by atoms with Gasteiger partial charge in [-0.25, -0.2) is 18.1 Å². The van der Waals surface area contributed by atoms with Gasteiger partial charge in [-0.15, -0.1) is 11.3 Å². The summed E-state index contributed by atoms with van der Waals surface area (Å²) in [5.41, 5.74) is 2.12. The first kappa shape index (κ1) is 28.7. The van der Waals surface area contributed by atoms with Crippen LogP contribution in [0.15, 0.2) is 64.9 Å². The highest BCUT2D eigenvalue weighted by Gasteiger charge is 2.39. The summed E-state index contributed by atoms with van der Waals surface area (Å²) in [5.74, 6) is -0.0525. The molecule has 1 fully saturated rings. The van der Waals surface area contributed by atoms with Crippen LogP contribution in [0.3, 0.4) is 0 Å². The molecule has 11 nitrogen and oxygen atoms in total. The summed E-state index contributed by atoms with van der Waals surface area (Å²) in [6.07, 6.45) is -1.71. The molecule has 1 aliphatic heterocycles. The van der Waals surface area contributed by atoms with Gasteiger partial charge in [-0.05, 0) is 49.6 Å². The highest BCUT2D eigenvalue weighted by Crippen LogP contribution is 2.32. The smallest absolute Gasteiger partial charge is 0.310 e. The van der Waals surface area contributed by atoms with E-state index in [1.807, 2.05) is 53.3 Å². The molecule has 216 valence electrons. The summed E-state index contributed by atoms with van der Waals surface area (Å²) >= 11 is 1.57. The fourth-order valence-electron chi connectivity index (χ4n) is 4.68. The predicted octanol–water partition coefficient (Wildman–Crippen LogP) is 4.15. The van der Waals surface area contributed by atoms with Crippen molar-refractivity contribution in [2.24, 2.45) is 0 Å². The molecule has 1 saturated heterocycles. The second-order valence-electron chi connectivity index (χ2n) is 9.53. The fourth-order valence-corrected chi connectivity index (χ4v) is 6.74. The molecule has 2 N–H and O–H groups in total. The minimum Gasteiger partial charge on any atom is -0.487 e. The van der Waals surface area contributed by atoms with Crippen molar-refractivity contribution in [2.45, 2.75) is 57.1 Å². The van der Waals surface area contributed by atoms with Crippen molar-refractivity contribution in [2.75, 3.05) is 11.9 Å². The molecule has 0 spiro atoms. The maximum Gasteiger partial charge on any atom is 0.310 e. The van der Waals surface area contributed by atoms with E-state index in [0.29, 0.717) is 12.2 Å². The molecule has 2 aromatic carbocycles. The molecule has 0 saturated carbocycles. The van der Waals surface area contributed by atoms with Crippen LogP contribution in [0.5, 0.6) is 5.75 Å². The van der Waals surface area contributed by atoms with Gasteiger partial charge in [0, 0.05) is 25.3 Å². The van der Waals surface area contributed by atoms with Crippen LogP contribution in [-0.4, -0.2) is 54.9 Å². The molecule has 1 amide bonds. The van der Waals surface area contributed by atoms with Crippen LogP contribution >= 0.6 is 11.3 Å². The largest absolute Gasteiger partial charge is 0.487 e. The fraction of sp³-hybridized carbons (Fsp3) is 0.321. The molecule has 2 unspecified atom stereocenters. The zero-order valence-electron chi connectivity index (χ0n) is 22.7. The Balaban J connectivity index is 1.46. The number of amides is 1. The van der Waals surface area contributed by atoms with Crippen LogP contribution in [0, 0.1) is 0 Å². The minimum atomic E-state index is -4.20. The highest BCUT2D eigenvalue weighted by molar-refractivity contribution is 7.89. The Morgan fingerprint density at radius 2 is 2.02 bits per heavy atom. The zero-order valence-corrected chi connectivity index (χ0v) is 24.3. The molecule has 3 heterocycles. The van der Waals surface area contributed by atoms with E-state index in [0.717, 1.165) is 21.7 Å². The molecule has 0 radical (unpaired) electrons. The van der Waals surface area contributed by atoms with Crippen molar-refractivity contribution in [3.05, 3.63) is 60.0 Å². The number of rotatable bonds is 11. The number of hydrogen-bond donors (Lipinski definition) is 2. The summed E-state index contributed by atoms with van der Waals surface area (Å²) in [7, 11) is -4.20. The molecule has 0 bridgehead atoms. The van der Waals surface area contributed by atoms with Gasteiger partial charge in [0.2, 0.25) is 22.2 Å². The van der Waals surface area contributed by atoms with Crippen LogP contribution < -0.4 is 14.8 Å². The van der Waals surface area contributed by atoms with Gasteiger partial charge in [0.25, 0.3) is 0 Å². The van der Waals surface area contributed by atoms with E-state index in [1.54, 1.807) is 18.3 Å². The number of para-hydroxylation sites is 2. The lowest BCUT2D eigenvalue weighted by molar-refractivity contribution is -0.163. The number of nitrogens with zero attached hydrogens (tertiary/aromatic N) is 2. The number of carbonyl (C=O) groups excluding carboxylic acids is 2. The van der Waals surface area contributed by atoms with Gasteiger partial charge in [-0.3, -0.25) is 9.59 Å². The summed E-state index contributed by atoms with van der Waals surface area (Å²) < 4.78 is 48.5. The van der Waals surface area contributed by atoms with Gasteiger partial charge in [0.05, 0.1) is 34.9 Å². The van der Waals surface area contributed by atoms with E-state index in [1.165, 1.54) is 25.1 Å². The third-order valence-electron chi connectivity index (χ3n) is 6.32. The molecule has 3 atom stereocenters. The van der Waals surface area contributed by atoms with Gasteiger partial charge in [-0.2, -0.15) is 0 Å². The lowest BCUT2D eigenvalue weighted by Crippen LogP contribution is -2.41. The maximum absolute atomic E-state index is 13.6. The Morgan fingerprint density at radius 3 is 2.76 bits per heavy atom. The van der Waals surface area contributed by atoms with Gasteiger partial charge in [-0.1, -0.05) is 18.2 Å². The number of cyclic esters (lactones) is 1. The Labute approximate surface area is 241 Å². The van der Waals surface area contributed by atoms with Crippen molar-refractivity contribution in [3.63, 3.8) is 0 Å². The Hall–Kier alpha value is -3.78. The molecule has 0 aliphatic carbocycles. The number of benzene rings is 2. The maximum atomic E-state index is 13.6. The molecule has 13 heteroatoms. The normalized spacial score (nSPS) is 17.9. The molecule has 5 rings (SSSR count). The van der Waals surface area contributed by atoms with E-state index in [4.69, 9.17) is 19.2 Å². The van der Waals surface area contributed by atoms with Crippen LogP contribution in [0.2, 0.25) is 0 Å². The number of carbonyl (C=O) groups is 2. The van der Waals surface area contributed by atoms with E-state index in [-0.39, 0.29) is 29.6 Å². The first-order chi connectivity index (χ1) is 19.6. The number of esters is 1. The third kappa shape index (κ3) is 6.43. The van der Waals surface area contributed by atoms with Crippen molar-refractivity contribution >= 4 is 50.0 Å². The van der Waals surface area contributed by atoms with E-state index in [2.05, 4.69) is 10.0 Å². The third-order valence-corrected chi connectivity index (χ3v) is 8.71. The zero-order chi connectivity index (χ0) is 29.1. The predicted molar refractivity (Wildman–Crippen MR) is 154 cm³/mol. The second kappa shape index (κ2) is 12.0. The number of hydrogen-bond acceptors (Lipinski definition) is 9. The highest BCUT2D eigenvalue weighted by atomic mass is 32.2. The Morgan fingerprint density at radius 1 is 1.22 bits per heavy atom. The number of aromatic nitrogens is 2. The second-order valence-corrected chi connectivity index (χ2v) is 12.2. The van der Waals surface area contributed by atoms with Gasteiger partial charge >= 0.3 is 5.97 Å². The standard InChI is InChI=1S/C28H30N4O7S2/c1-4-37-28-21(15-26(34)39-28)31-41(35,36)25-12-11-19(29-18(3)33)14-23(25)38-17(2)16-32-22-9-6-5-8-20(22)30-27(32)24-10-7-13-40-24/h5-14,17,21,28,31H,4,15-16H2,1-3H3,(H,29,33)/t17-,21?,28?/m1/s1. The van der Waals surface area contributed by atoms with Gasteiger partial charge in [0.15, 0.2) is 5.82 Å². The van der Waals surface area contributed by atoms with Crippen molar-refractivity contribution in [1.29, 1.82) is 0 Å². The first-order valence-corrected chi connectivity index (χ1v) is 15.4. The number of sulfonamides is 1. The first-order valence-electron chi connectivity index (χ1n) is 13.1. The van der Waals surface area contributed by atoms with Crippen molar-refractivity contribution < 1.29 is 32.2 Å². The molecule has 2 aromatic heterocycles. The average molecular weight is 599 g/mol. The Bertz CT molecular complexity index is 1670. The van der Waals surface area contributed by atoms with Crippen molar-refractivity contribution in [3.8, 4) is 16.5 Å². The number of nitrogens with one attached hydrogen (secondary N) is 2. The molecule has 1 aliphatic rings. The number of ether oxygens (including phenoxy) is 3. The van der Waals surface area contributed by atoms with Crippen LogP contribution in [0.4, 0.5) is 5.69 Å². The van der Waals surface area contributed by atoms with E-state index < -0.39 is 34.4 Å². The molecule has 41 heavy (non-hydrogen) atoms. The van der Waals surface area contributed by atoms with Gasteiger partial charge < -0.3 is 24.1 Å². The van der Waals surface area contributed by atoms with Crippen LogP contribution in [-0.2, 0) is 35.6 Å². The average Bonchev–Trinajstić information content (AvgIpc) is 3.63. The monoisotopic (exact) mass is 598 g/mol. The van der Waals surface area contributed by atoms with Crippen LogP contribution in [0.25, 0.3) is 21.7 Å². The summed E-state index contributed by atoms with van der Waals surface area (Å²) in [5, 5.41) is 4.65. The van der Waals surface area contributed by atoms with Crippen molar-refractivity contribution in [1.82, 2.24) is 14.3 Å². The molecular weight excluding hydrogens is 568 g/mol. The lowest BCUT2D eigenvalue weighted by atomic mass is 10.2. The quantitative estimate of drug-likeness (QED) is 0.246. The Kier molecular flexibility index (Phi) is 8.40.